The van der Waals surface area contributed by atoms with Crippen molar-refractivity contribution in [2.75, 3.05) is 38.2 Å². The van der Waals surface area contributed by atoms with Crippen molar-refractivity contribution in [1.29, 1.82) is 0 Å². The van der Waals surface area contributed by atoms with Crippen LogP contribution in [0.25, 0.3) is 0 Å². The number of methoxy groups -OCH3 is 1. The molecule has 2 aromatic carbocycles. The number of aromatic hydroxyl groups is 1. The largest absolute Gasteiger partial charge is 0.508 e. The van der Waals surface area contributed by atoms with Crippen molar-refractivity contribution in [3.63, 3.8) is 0 Å². The van der Waals surface area contributed by atoms with Gasteiger partial charge in [0.25, 0.3) is 0 Å². The van der Waals surface area contributed by atoms with Gasteiger partial charge >= 0.3 is 0 Å². The standard InChI is InChI=1S/C22H28F2N4O2/c1-3-25-22(26-10-8-15-4-6-18(30-2)13-21(15)29)27-17-9-11-28(14-17)20-7-5-16(23)12-19(20)24/h4-7,12-13,17,29H,3,8-11,14H2,1-2H3,(H2,25,26,27). The number of nitrogens with one attached hydrogen (secondary N) is 2. The second-order valence-corrected chi connectivity index (χ2v) is 7.18. The van der Waals surface area contributed by atoms with Crippen LogP contribution in [0.15, 0.2) is 41.4 Å². The summed E-state index contributed by atoms with van der Waals surface area (Å²) >= 11 is 0. The van der Waals surface area contributed by atoms with Gasteiger partial charge in [0.15, 0.2) is 5.96 Å². The number of hydrogen-bond acceptors (Lipinski definition) is 4. The van der Waals surface area contributed by atoms with Crippen molar-refractivity contribution >= 4 is 11.6 Å². The minimum Gasteiger partial charge on any atom is -0.508 e. The molecule has 0 bridgehead atoms. The van der Waals surface area contributed by atoms with E-state index in [0.29, 0.717) is 50.0 Å². The van der Waals surface area contributed by atoms with Crippen molar-refractivity contribution in [2.24, 2.45) is 4.99 Å². The summed E-state index contributed by atoms with van der Waals surface area (Å²) in [4.78, 5) is 6.50. The molecule has 8 heteroatoms. The van der Waals surface area contributed by atoms with Gasteiger partial charge in [0.1, 0.15) is 23.1 Å². The quantitative estimate of drug-likeness (QED) is 0.476. The van der Waals surface area contributed by atoms with Gasteiger partial charge in [-0.2, -0.15) is 0 Å². The predicted octanol–water partition coefficient (Wildman–Crippen LogP) is 3.06. The van der Waals surface area contributed by atoms with Gasteiger partial charge in [-0.25, -0.2) is 8.78 Å². The van der Waals surface area contributed by atoms with Gasteiger partial charge in [0.05, 0.1) is 12.8 Å². The Kier molecular flexibility index (Phi) is 7.32. The average molecular weight is 418 g/mol. The highest BCUT2D eigenvalue weighted by Crippen LogP contribution is 2.25. The van der Waals surface area contributed by atoms with Crippen LogP contribution in [0.5, 0.6) is 11.5 Å². The van der Waals surface area contributed by atoms with Crippen LogP contribution < -0.4 is 20.3 Å². The Morgan fingerprint density at radius 2 is 2.10 bits per heavy atom. The number of nitrogens with zero attached hydrogens (tertiary/aromatic N) is 2. The van der Waals surface area contributed by atoms with Gasteiger partial charge in [-0.3, -0.25) is 4.99 Å². The molecule has 1 atom stereocenters. The van der Waals surface area contributed by atoms with E-state index in [9.17, 15) is 13.9 Å². The molecule has 162 valence electrons. The molecular formula is C22H28F2N4O2. The first kappa shape index (κ1) is 21.7. The third-order valence-corrected chi connectivity index (χ3v) is 5.07. The van der Waals surface area contributed by atoms with E-state index in [4.69, 9.17) is 4.74 Å². The number of hydrogen-bond donors (Lipinski definition) is 3. The Morgan fingerprint density at radius 1 is 1.27 bits per heavy atom. The molecule has 6 nitrogen and oxygen atoms in total. The summed E-state index contributed by atoms with van der Waals surface area (Å²) in [6.07, 6.45) is 1.41. The molecule has 0 spiro atoms. The maximum atomic E-state index is 14.1. The Morgan fingerprint density at radius 3 is 2.80 bits per heavy atom. The second-order valence-electron chi connectivity index (χ2n) is 7.18. The maximum Gasteiger partial charge on any atom is 0.191 e. The molecule has 1 fully saturated rings. The summed E-state index contributed by atoms with van der Waals surface area (Å²) in [7, 11) is 1.56. The van der Waals surface area contributed by atoms with Gasteiger partial charge in [-0.05, 0) is 43.5 Å². The molecule has 0 radical (unpaired) electrons. The maximum absolute atomic E-state index is 14.1. The molecule has 1 heterocycles. The highest BCUT2D eigenvalue weighted by atomic mass is 19.1. The van der Waals surface area contributed by atoms with Crippen LogP contribution in [0.1, 0.15) is 18.9 Å². The summed E-state index contributed by atoms with van der Waals surface area (Å²) in [5.41, 5.74) is 1.21. The highest BCUT2D eigenvalue weighted by molar-refractivity contribution is 5.80. The lowest BCUT2D eigenvalue weighted by molar-refractivity contribution is 0.406. The van der Waals surface area contributed by atoms with E-state index in [1.165, 1.54) is 12.1 Å². The highest BCUT2D eigenvalue weighted by Gasteiger charge is 2.25. The SMILES string of the molecule is CCNC(=NCCc1ccc(OC)cc1O)NC1CCN(c2ccc(F)cc2F)C1. The smallest absolute Gasteiger partial charge is 0.191 e. The van der Waals surface area contributed by atoms with Crippen LogP contribution in [0.2, 0.25) is 0 Å². The van der Waals surface area contributed by atoms with E-state index in [1.807, 2.05) is 24.0 Å². The lowest BCUT2D eigenvalue weighted by Crippen LogP contribution is -2.44. The zero-order valence-electron chi connectivity index (χ0n) is 17.3. The summed E-state index contributed by atoms with van der Waals surface area (Å²) in [6, 6.07) is 8.99. The normalized spacial score (nSPS) is 16.6. The van der Waals surface area contributed by atoms with Crippen molar-refractivity contribution in [3.05, 3.63) is 53.6 Å². The first-order valence-electron chi connectivity index (χ1n) is 10.1. The van der Waals surface area contributed by atoms with E-state index in [-0.39, 0.29) is 11.8 Å². The number of rotatable bonds is 7. The lowest BCUT2D eigenvalue weighted by atomic mass is 10.1. The molecule has 0 aliphatic carbocycles. The number of halogens is 2. The molecule has 0 saturated carbocycles. The van der Waals surface area contributed by atoms with E-state index in [1.54, 1.807) is 13.2 Å². The molecule has 1 unspecified atom stereocenters. The molecular weight excluding hydrogens is 390 g/mol. The zero-order valence-corrected chi connectivity index (χ0v) is 17.3. The van der Waals surface area contributed by atoms with Crippen LogP contribution in [0.3, 0.4) is 0 Å². The number of anilines is 1. The molecule has 0 amide bonds. The summed E-state index contributed by atoms with van der Waals surface area (Å²) in [5, 5.41) is 16.7. The number of aliphatic imine (C=N–C) groups is 1. The molecule has 2 aromatic rings. The Hall–Kier alpha value is -3.03. The number of ether oxygens (including phenoxy) is 1. The van der Waals surface area contributed by atoms with Crippen LogP contribution in [-0.4, -0.2) is 50.4 Å². The van der Waals surface area contributed by atoms with Crippen LogP contribution >= 0.6 is 0 Å². The van der Waals surface area contributed by atoms with E-state index in [2.05, 4.69) is 15.6 Å². The molecule has 1 aliphatic rings. The van der Waals surface area contributed by atoms with Gasteiger partial charge < -0.3 is 25.4 Å². The number of phenols is 1. The molecule has 3 rings (SSSR count). The predicted molar refractivity (Wildman–Crippen MR) is 114 cm³/mol. The van der Waals surface area contributed by atoms with Crippen molar-refractivity contribution < 1.29 is 18.6 Å². The van der Waals surface area contributed by atoms with Crippen molar-refractivity contribution in [3.8, 4) is 11.5 Å². The summed E-state index contributed by atoms with van der Waals surface area (Å²) in [5.74, 6) is 0.357. The van der Waals surface area contributed by atoms with E-state index < -0.39 is 11.6 Å². The second kappa shape index (κ2) is 10.1. The first-order valence-corrected chi connectivity index (χ1v) is 10.1. The monoisotopic (exact) mass is 418 g/mol. The molecule has 3 N–H and O–H groups in total. The molecule has 0 aromatic heterocycles. The van der Waals surface area contributed by atoms with Crippen LogP contribution in [0.4, 0.5) is 14.5 Å². The fourth-order valence-electron chi connectivity index (χ4n) is 3.52. The minimum atomic E-state index is -0.574. The Labute approximate surface area is 175 Å². The third kappa shape index (κ3) is 5.52. The first-order chi connectivity index (χ1) is 14.5. The molecule has 1 aliphatic heterocycles. The third-order valence-electron chi connectivity index (χ3n) is 5.07. The van der Waals surface area contributed by atoms with E-state index in [0.717, 1.165) is 18.1 Å². The Balaban J connectivity index is 1.57. The van der Waals surface area contributed by atoms with Gasteiger partial charge in [0, 0.05) is 44.4 Å². The molecule has 30 heavy (non-hydrogen) atoms. The van der Waals surface area contributed by atoms with Crippen molar-refractivity contribution in [2.45, 2.75) is 25.8 Å². The summed E-state index contributed by atoms with van der Waals surface area (Å²) in [6.45, 7) is 4.48. The number of phenolic OH excluding ortho intramolecular Hbond substituents is 1. The van der Waals surface area contributed by atoms with Gasteiger partial charge in [0.2, 0.25) is 0 Å². The van der Waals surface area contributed by atoms with Gasteiger partial charge in [-0.1, -0.05) is 6.07 Å². The van der Waals surface area contributed by atoms with Crippen LogP contribution in [-0.2, 0) is 6.42 Å². The van der Waals surface area contributed by atoms with Gasteiger partial charge in [-0.15, -0.1) is 0 Å². The Bertz CT molecular complexity index is 891. The topological polar surface area (TPSA) is 69.1 Å². The number of guanidine groups is 1. The molecule has 1 saturated heterocycles. The van der Waals surface area contributed by atoms with Crippen molar-refractivity contribution in [1.82, 2.24) is 10.6 Å². The van der Waals surface area contributed by atoms with E-state index >= 15 is 0 Å². The summed E-state index contributed by atoms with van der Waals surface area (Å²) < 4.78 is 32.3. The number of benzene rings is 2. The zero-order chi connectivity index (χ0) is 21.5. The lowest BCUT2D eigenvalue weighted by Gasteiger charge is -2.21. The minimum absolute atomic E-state index is 0.0987. The fraction of sp³-hybridized carbons (Fsp3) is 0.409. The van der Waals surface area contributed by atoms with Crippen LogP contribution in [0, 0.1) is 11.6 Å². The average Bonchev–Trinajstić information content (AvgIpc) is 3.17. The fourth-order valence-corrected chi connectivity index (χ4v) is 3.52.